The third-order valence-corrected chi connectivity index (χ3v) is 1.98. The molecule has 0 fully saturated rings. The largest absolute Gasteiger partial charge is 0.278 e. The Hall–Kier alpha value is -0.280. The van der Waals surface area contributed by atoms with E-state index >= 15 is 0 Å². The Balaban J connectivity index is 3.01. The second-order valence-electron chi connectivity index (χ2n) is 1.31. The summed E-state index contributed by atoms with van der Waals surface area (Å²) in [5, 5.41) is 0. The van der Waals surface area contributed by atoms with Crippen LogP contribution in [0.3, 0.4) is 0 Å². The van der Waals surface area contributed by atoms with Gasteiger partial charge in [-0.15, -0.1) is 11.6 Å². The zero-order valence-corrected chi connectivity index (χ0v) is 5.55. The highest BCUT2D eigenvalue weighted by molar-refractivity contribution is 7.05. The summed E-state index contributed by atoms with van der Waals surface area (Å²) >= 11 is 6.67. The van der Waals surface area contributed by atoms with Gasteiger partial charge < -0.3 is 0 Å². The molecule has 0 aliphatic rings. The summed E-state index contributed by atoms with van der Waals surface area (Å²) in [6.45, 7) is 0. The van der Waals surface area contributed by atoms with Crippen LogP contribution >= 0.6 is 23.1 Å². The number of aromatic nitrogens is 1. The van der Waals surface area contributed by atoms with E-state index in [9.17, 15) is 4.79 Å². The standard InChI is InChI=1S/C4H4ClNOS/c5-2-3-1-4(7)6-8-3/h1H,2H2,(H,6,7). The van der Waals surface area contributed by atoms with Gasteiger partial charge in [0.15, 0.2) is 0 Å². The van der Waals surface area contributed by atoms with Gasteiger partial charge in [-0.25, -0.2) is 0 Å². The molecular weight excluding hydrogens is 146 g/mol. The van der Waals surface area contributed by atoms with Crippen molar-refractivity contribution in [3.8, 4) is 0 Å². The van der Waals surface area contributed by atoms with Crippen molar-refractivity contribution in [2.45, 2.75) is 5.88 Å². The monoisotopic (exact) mass is 149 g/mol. The van der Waals surface area contributed by atoms with Gasteiger partial charge in [0.2, 0.25) is 0 Å². The van der Waals surface area contributed by atoms with Crippen molar-refractivity contribution in [2.24, 2.45) is 0 Å². The quantitative estimate of drug-likeness (QED) is 0.598. The van der Waals surface area contributed by atoms with Gasteiger partial charge >= 0.3 is 0 Å². The van der Waals surface area contributed by atoms with E-state index in [-0.39, 0.29) is 5.56 Å². The molecule has 1 aromatic rings. The Morgan fingerprint density at radius 1 is 1.88 bits per heavy atom. The topological polar surface area (TPSA) is 32.9 Å². The molecule has 4 heteroatoms. The fourth-order valence-electron chi connectivity index (χ4n) is 0.387. The SMILES string of the molecule is O=c1cc(CCl)s[nH]1. The Bertz CT molecular complexity index is 216. The first kappa shape index (κ1) is 5.85. The third kappa shape index (κ3) is 1.11. The summed E-state index contributed by atoms with van der Waals surface area (Å²) < 4.78 is 2.52. The summed E-state index contributed by atoms with van der Waals surface area (Å²) in [4.78, 5) is 11.2. The van der Waals surface area contributed by atoms with Crippen LogP contribution in [0, 0.1) is 0 Å². The highest BCUT2D eigenvalue weighted by Crippen LogP contribution is 2.02. The smallest absolute Gasteiger partial charge is 0.258 e. The molecule has 0 aromatic carbocycles. The van der Waals surface area contributed by atoms with Gasteiger partial charge in [-0.3, -0.25) is 9.17 Å². The lowest BCUT2D eigenvalue weighted by atomic mass is 10.5. The summed E-state index contributed by atoms with van der Waals surface area (Å²) in [5.41, 5.74) is -0.0642. The van der Waals surface area contributed by atoms with E-state index in [4.69, 9.17) is 11.6 Å². The molecule has 1 rings (SSSR count). The number of hydrogen-bond acceptors (Lipinski definition) is 2. The third-order valence-electron chi connectivity index (χ3n) is 0.707. The zero-order chi connectivity index (χ0) is 5.98. The lowest BCUT2D eigenvalue weighted by Gasteiger charge is -1.74. The van der Waals surface area contributed by atoms with Gasteiger partial charge in [-0.2, -0.15) is 0 Å². The molecule has 0 amide bonds. The van der Waals surface area contributed by atoms with E-state index in [1.807, 2.05) is 0 Å². The lowest BCUT2D eigenvalue weighted by Crippen LogP contribution is -1.91. The van der Waals surface area contributed by atoms with E-state index in [0.717, 1.165) is 4.88 Å². The average molecular weight is 150 g/mol. The number of H-pyrrole nitrogens is 1. The van der Waals surface area contributed by atoms with Gasteiger partial charge in [0.1, 0.15) is 0 Å². The Morgan fingerprint density at radius 3 is 2.88 bits per heavy atom. The van der Waals surface area contributed by atoms with E-state index in [1.54, 1.807) is 0 Å². The summed E-state index contributed by atoms with van der Waals surface area (Å²) in [5.74, 6) is 0.420. The molecule has 1 aromatic heterocycles. The second kappa shape index (κ2) is 2.33. The minimum absolute atomic E-state index is 0.0642. The van der Waals surface area contributed by atoms with E-state index in [2.05, 4.69) is 4.37 Å². The number of alkyl halides is 1. The van der Waals surface area contributed by atoms with Crippen molar-refractivity contribution in [1.29, 1.82) is 0 Å². The highest BCUT2D eigenvalue weighted by Gasteiger charge is 1.91. The second-order valence-corrected chi connectivity index (χ2v) is 2.51. The summed E-state index contributed by atoms with van der Waals surface area (Å²) in [6.07, 6.45) is 0. The van der Waals surface area contributed by atoms with Gasteiger partial charge in [0.05, 0.1) is 5.88 Å². The molecule has 0 radical (unpaired) electrons. The molecule has 1 heterocycles. The maximum absolute atomic E-state index is 10.3. The first-order chi connectivity index (χ1) is 3.83. The van der Waals surface area contributed by atoms with Crippen LogP contribution in [0.2, 0.25) is 0 Å². The van der Waals surface area contributed by atoms with Crippen LogP contribution in [0.25, 0.3) is 0 Å². The minimum atomic E-state index is -0.0642. The molecular formula is C4H4ClNOS. The lowest BCUT2D eigenvalue weighted by molar-refractivity contribution is 1.41. The maximum atomic E-state index is 10.3. The predicted octanol–water partition coefficient (Wildman–Crippen LogP) is 1.18. The van der Waals surface area contributed by atoms with Crippen LogP contribution in [0.15, 0.2) is 10.9 Å². The van der Waals surface area contributed by atoms with Gasteiger partial charge in [0, 0.05) is 10.9 Å². The number of nitrogens with one attached hydrogen (secondary N) is 1. The van der Waals surface area contributed by atoms with Crippen molar-refractivity contribution >= 4 is 23.1 Å². The maximum Gasteiger partial charge on any atom is 0.258 e. The molecule has 0 aliphatic heterocycles. The molecule has 0 bridgehead atoms. The molecule has 1 N–H and O–H groups in total. The molecule has 0 saturated heterocycles. The van der Waals surface area contributed by atoms with Crippen LogP contribution in [0.5, 0.6) is 0 Å². The van der Waals surface area contributed by atoms with Crippen LogP contribution in [0.4, 0.5) is 0 Å². The molecule has 0 unspecified atom stereocenters. The van der Waals surface area contributed by atoms with Crippen molar-refractivity contribution in [3.05, 3.63) is 21.3 Å². The first-order valence-electron chi connectivity index (χ1n) is 2.06. The fourth-order valence-corrected chi connectivity index (χ4v) is 1.14. The Morgan fingerprint density at radius 2 is 2.62 bits per heavy atom. The Labute approximate surface area is 55.3 Å². The molecule has 8 heavy (non-hydrogen) atoms. The highest BCUT2D eigenvalue weighted by atomic mass is 35.5. The molecule has 2 nitrogen and oxygen atoms in total. The first-order valence-corrected chi connectivity index (χ1v) is 3.41. The molecule has 44 valence electrons. The van der Waals surface area contributed by atoms with Crippen LogP contribution in [-0.2, 0) is 5.88 Å². The molecule has 0 aliphatic carbocycles. The number of aromatic amines is 1. The number of halogens is 1. The van der Waals surface area contributed by atoms with Gasteiger partial charge in [-0.05, 0) is 0 Å². The van der Waals surface area contributed by atoms with E-state index in [0.29, 0.717) is 5.88 Å². The number of rotatable bonds is 1. The zero-order valence-electron chi connectivity index (χ0n) is 3.98. The average Bonchev–Trinajstić information content (AvgIpc) is 2.14. The van der Waals surface area contributed by atoms with Gasteiger partial charge in [-0.1, -0.05) is 11.5 Å². The summed E-state index contributed by atoms with van der Waals surface area (Å²) in [6, 6.07) is 1.50. The Kier molecular flexibility index (Phi) is 1.70. The van der Waals surface area contributed by atoms with Crippen LogP contribution in [0.1, 0.15) is 4.88 Å². The molecule has 0 spiro atoms. The number of hydrogen-bond donors (Lipinski definition) is 1. The fraction of sp³-hybridized carbons (Fsp3) is 0.250. The minimum Gasteiger partial charge on any atom is -0.278 e. The predicted molar refractivity (Wildman–Crippen MR) is 34.5 cm³/mol. The van der Waals surface area contributed by atoms with E-state index < -0.39 is 0 Å². The summed E-state index contributed by atoms with van der Waals surface area (Å²) in [7, 11) is 0. The van der Waals surface area contributed by atoms with Crippen molar-refractivity contribution in [1.82, 2.24) is 4.37 Å². The molecule has 0 atom stereocenters. The molecule has 0 saturated carbocycles. The van der Waals surface area contributed by atoms with Crippen LogP contribution < -0.4 is 5.56 Å². The normalized spacial score (nSPS) is 9.62. The van der Waals surface area contributed by atoms with Crippen LogP contribution in [-0.4, -0.2) is 4.37 Å². The van der Waals surface area contributed by atoms with E-state index in [1.165, 1.54) is 17.6 Å². The van der Waals surface area contributed by atoms with Crippen molar-refractivity contribution < 1.29 is 0 Å². The van der Waals surface area contributed by atoms with Crippen molar-refractivity contribution in [3.63, 3.8) is 0 Å². The van der Waals surface area contributed by atoms with Gasteiger partial charge in [0.25, 0.3) is 5.56 Å². The van der Waals surface area contributed by atoms with Crippen molar-refractivity contribution in [2.75, 3.05) is 0 Å².